The molecule has 0 saturated heterocycles. The molecule has 0 aliphatic heterocycles. The topological polar surface area (TPSA) is 26.0 Å². The molecule has 70 valence electrons. The highest BCUT2D eigenvalue weighted by Gasteiger charge is 2.41. The van der Waals surface area contributed by atoms with Crippen LogP contribution in [0.3, 0.4) is 0 Å². The molecule has 0 bridgehead atoms. The normalized spacial score (nSPS) is 18.8. The molecule has 1 fully saturated rings. The molecule has 2 N–H and O–H groups in total. The van der Waals surface area contributed by atoms with Crippen molar-refractivity contribution in [3.8, 4) is 0 Å². The van der Waals surface area contributed by atoms with Crippen molar-refractivity contribution in [2.75, 3.05) is 0 Å². The van der Waals surface area contributed by atoms with Crippen molar-refractivity contribution >= 4 is 15.9 Å². The van der Waals surface area contributed by atoms with E-state index in [1.807, 2.05) is 13.0 Å². The van der Waals surface area contributed by atoms with Crippen molar-refractivity contribution in [3.63, 3.8) is 0 Å². The van der Waals surface area contributed by atoms with Crippen LogP contribution in [0.2, 0.25) is 0 Å². The minimum absolute atomic E-state index is 0.216. The van der Waals surface area contributed by atoms with E-state index in [0.717, 1.165) is 24.0 Å². The predicted molar refractivity (Wildman–Crippen MR) is 53.9 cm³/mol. The summed E-state index contributed by atoms with van der Waals surface area (Å²) in [5.41, 5.74) is 7.57. The number of aryl methyl sites for hydroxylation is 1. The Balaban J connectivity index is 2.56. The summed E-state index contributed by atoms with van der Waals surface area (Å²) < 4.78 is 13.8. The highest BCUT2D eigenvalue weighted by atomic mass is 79.9. The fourth-order valence-corrected chi connectivity index (χ4v) is 2.11. The second-order valence-electron chi connectivity index (χ2n) is 3.76. The molecule has 0 amide bonds. The van der Waals surface area contributed by atoms with Crippen LogP contribution in [0, 0.1) is 12.7 Å². The Morgan fingerprint density at radius 3 is 2.62 bits per heavy atom. The maximum atomic E-state index is 13.3. The highest BCUT2D eigenvalue weighted by molar-refractivity contribution is 9.10. The summed E-state index contributed by atoms with van der Waals surface area (Å²) in [7, 11) is 0. The first-order valence-corrected chi connectivity index (χ1v) is 5.07. The van der Waals surface area contributed by atoms with Crippen molar-refractivity contribution in [2.24, 2.45) is 5.73 Å². The maximum Gasteiger partial charge on any atom is 0.137 e. The van der Waals surface area contributed by atoms with Crippen molar-refractivity contribution < 1.29 is 4.39 Å². The maximum absolute atomic E-state index is 13.3. The van der Waals surface area contributed by atoms with Gasteiger partial charge in [0, 0.05) is 5.54 Å². The fourth-order valence-electron chi connectivity index (χ4n) is 1.49. The molecule has 1 nitrogen and oxygen atoms in total. The fraction of sp³-hybridized carbons (Fsp3) is 0.400. The third kappa shape index (κ3) is 1.51. The molecule has 0 heterocycles. The van der Waals surface area contributed by atoms with Gasteiger partial charge in [-0.2, -0.15) is 0 Å². The predicted octanol–water partition coefficient (Wildman–Crippen LogP) is 2.84. The van der Waals surface area contributed by atoms with Gasteiger partial charge in [-0.15, -0.1) is 0 Å². The van der Waals surface area contributed by atoms with E-state index in [-0.39, 0.29) is 11.4 Å². The van der Waals surface area contributed by atoms with E-state index < -0.39 is 0 Å². The van der Waals surface area contributed by atoms with Crippen LogP contribution in [0.5, 0.6) is 0 Å². The van der Waals surface area contributed by atoms with E-state index >= 15 is 0 Å². The molecule has 3 heteroatoms. The summed E-state index contributed by atoms with van der Waals surface area (Å²) in [5.74, 6) is -0.216. The first-order chi connectivity index (χ1) is 6.03. The molecule has 1 saturated carbocycles. The first-order valence-electron chi connectivity index (χ1n) is 4.28. The lowest BCUT2D eigenvalue weighted by Gasteiger charge is -2.13. The average molecular weight is 244 g/mol. The average Bonchev–Trinajstić information content (AvgIpc) is 2.77. The Kier molecular flexibility index (Phi) is 1.96. The molecule has 1 aromatic rings. The molecule has 0 aromatic heterocycles. The van der Waals surface area contributed by atoms with Gasteiger partial charge >= 0.3 is 0 Å². The molecule has 2 rings (SSSR count). The van der Waals surface area contributed by atoms with Gasteiger partial charge in [0.1, 0.15) is 5.82 Å². The summed E-state index contributed by atoms with van der Waals surface area (Å²) >= 11 is 3.24. The van der Waals surface area contributed by atoms with Gasteiger partial charge in [-0.1, -0.05) is 6.07 Å². The molecule has 0 radical (unpaired) electrons. The lowest BCUT2D eigenvalue weighted by Crippen LogP contribution is -2.19. The second kappa shape index (κ2) is 2.79. The number of rotatable bonds is 1. The molecule has 1 aliphatic carbocycles. The van der Waals surface area contributed by atoms with E-state index in [4.69, 9.17) is 5.73 Å². The summed E-state index contributed by atoms with van der Waals surface area (Å²) in [6, 6.07) is 3.47. The monoisotopic (exact) mass is 243 g/mol. The number of hydrogen-bond acceptors (Lipinski definition) is 1. The van der Waals surface area contributed by atoms with Crippen molar-refractivity contribution in [1.29, 1.82) is 0 Å². The SMILES string of the molecule is Cc1cc(F)c(Br)c(C2(N)CC2)c1. The number of nitrogens with two attached hydrogens (primary N) is 1. The van der Waals surface area contributed by atoms with Gasteiger partial charge in [-0.3, -0.25) is 0 Å². The Bertz CT molecular complexity index is 358. The van der Waals surface area contributed by atoms with Crippen LogP contribution in [0.25, 0.3) is 0 Å². The van der Waals surface area contributed by atoms with Crippen molar-refractivity contribution in [3.05, 3.63) is 33.5 Å². The third-order valence-electron chi connectivity index (χ3n) is 2.50. The zero-order valence-electron chi connectivity index (χ0n) is 7.40. The van der Waals surface area contributed by atoms with E-state index in [2.05, 4.69) is 15.9 Å². The minimum atomic E-state index is -0.272. The molecular formula is C10H11BrFN. The second-order valence-corrected chi connectivity index (χ2v) is 4.56. The smallest absolute Gasteiger partial charge is 0.137 e. The van der Waals surface area contributed by atoms with E-state index in [9.17, 15) is 4.39 Å². The van der Waals surface area contributed by atoms with E-state index in [0.29, 0.717) is 4.47 Å². The van der Waals surface area contributed by atoms with Crippen LogP contribution in [0.4, 0.5) is 4.39 Å². The lowest BCUT2D eigenvalue weighted by molar-refractivity contribution is 0.608. The Morgan fingerprint density at radius 1 is 1.46 bits per heavy atom. The number of hydrogen-bond donors (Lipinski definition) is 1. The molecule has 0 unspecified atom stereocenters. The largest absolute Gasteiger partial charge is 0.321 e. The lowest BCUT2D eigenvalue weighted by atomic mass is 10.0. The van der Waals surface area contributed by atoms with Crippen molar-refractivity contribution in [1.82, 2.24) is 0 Å². The van der Waals surface area contributed by atoms with Crippen LogP contribution in [-0.4, -0.2) is 0 Å². The minimum Gasteiger partial charge on any atom is -0.321 e. The van der Waals surface area contributed by atoms with Gasteiger partial charge in [-0.05, 0) is 52.9 Å². The van der Waals surface area contributed by atoms with Gasteiger partial charge < -0.3 is 5.73 Å². The quantitative estimate of drug-likeness (QED) is 0.807. The molecule has 1 aliphatic rings. The molecular weight excluding hydrogens is 233 g/mol. The first kappa shape index (κ1) is 9.16. The molecule has 0 atom stereocenters. The third-order valence-corrected chi connectivity index (χ3v) is 3.30. The molecule has 13 heavy (non-hydrogen) atoms. The summed E-state index contributed by atoms with van der Waals surface area (Å²) in [6.07, 6.45) is 1.91. The van der Waals surface area contributed by atoms with Gasteiger partial charge in [0.15, 0.2) is 0 Å². The zero-order chi connectivity index (χ0) is 9.64. The summed E-state index contributed by atoms with van der Waals surface area (Å²) in [6.45, 7) is 1.88. The van der Waals surface area contributed by atoms with Gasteiger partial charge in [0.2, 0.25) is 0 Å². The van der Waals surface area contributed by atoms with E-state index in [1.165, 1.54) is 6.07 Å². The van der Waals surface area contributed by atoms with Crippen LogP contribution in [-0.2, 0) is 5.54 Å². The van der Waals surface area contributed by atoms with Crippen LogP contribution < -0.4 is 5.73 Å². The molecule has 0 spiro atoms. The van der Waals surface area contributed by atoms with E-state index in [1.54, 1.807) is 0 Å². The number of halogens is 2. The van der Waals surface area contributed by atoms with Crippen molar-refractivity contribution in [2.45, 2.75) is 25.3 Å². The zero-order valence-corrected chi connectivity index (χ0v) is 8.99. The van der Waals surface area contributed by atoms with Gasteiger partial charge in [0.05, 0.1) is 4.47 Å². The van der Waals surface area contributed by atoms with Gasteiger partial charge in [0.25, 0.3) is 0 Å². The standard InChI is InChI=1S/C10H11BrFN/c1-6-4-7(10(13)2-3-10)9(11)8(12)5-6/h4-5H,2-3,13H2,1H3. The number of benzene rings is 1. The molecule has 1 aromatic carbocycles. The van der Waals surface area contributed by atoms with Crippen LogP contribution in [0.1, 0.15) is 24.0 Å². The van der Waals surface area contributed by atoms with Crippen LogP contribution >= 0.6 is 15.9 Å². The highest BCUT2D eigenvalue weighted by Crippen LogP contribution is 2.46. The van der Waals surface area contributed by atoms with Gasteiger partial charge in [-0.25, -0.2) is 4.39 Å². The Labute approximate surface area is 85.3 Å². The van der Waals surface area contributed by atoms with Crippen LogP contribution in [0.15, 0.2) is 16.6 Å². The Morgan fingerprint density at radius 2 is 2.08 bits per heavy atom. The summed E-state index contributed by atoms with van der Waals surface area (Å²) in [5, 5.41) is 0. The Hall–Kier alpha value is -0.410. The summed E-state index contributed by atoms with van der Waals surface area (Å²) in [4.78, 5) is 0.